The highest BCUT2D eigenvalue weighted by Crippen LogP contribution is 2.14. The second-order valence-electron chi connectivity index (χ2n) is 4.64. The van der Waals surface area contributed by atoms with Crippen LogP contribution in [0.4, 0.5) is 0 Å². The Labute approximate surface area is 115 Å². The zero-order valence-electron chi connectivity index (χ0n) is 10.8. The van der Waals surface area contributed by atoms with E-state index in [1.165, 1.54) is 0 Å². The number of hydrogen-bond donors (Lipinski definition) is 2. The van der Waals surface area contributed by atoms with Crippen molar-refractivity contribution in [1.29, 1.82) is 0 Å². The van der Waals surface area contributed by atoms with Crippen LogP contribution in [0.15, 0.2) is 24.3 Å². The summed E-state index contributed by atoms with van der Waals surface area (Å²) in [5, 5.41) is 0. The molecule has 1 aliphatic heterocycles. The summed E-state index contributed by atoms with van der Waals surface area (Å²) in [4.78, 5) is 13.7. The lowest BCUT2D eigenvalue weighted by Gasteiger charge is -2.26. The number of nitrogens with zero attached hydrogens (tertiary/aromatic N) is 1. The lowest BCUT2D eigenvalue weighted by Crippen LogP contribution is -2.37. The first-order valence-electron chi connectivity index (χ1n) is 6.32. The Balaban J connectivity index is 2.03. The largest absolute Gasteiger partial charge is 0.297 e. The molecule has 19 heavy (non-hydrogen) atoms. The third-order valence-corrected chi connectivity index (χ3v) is 4.57. The monoisotopic (exact) mass is 281 g/mol. The molecule has 6 heteroatoms. The summed E-state index contributed by atoms with van der Waals surface area (Å²) in [5.41, 5.74) is 4.29. The number of carbonyl (C=O) groups excluding carboxylic acids is 1. The molecule has 1 fully saturated rings. The molecule has 3 N–H and O–H groups in total. The van der Waals surface area contributed by atoms with Crippen LogP contribution in [0.2, 0.25) is 0 Å². The van der Waals surface area contributed by atoms with E-state index < -0.39 is 10.8 Å². The smallest absolute Gasteiger partial charge is 0.238 e. The van der Waals surface area contributed by atoms with E-state index in [0.717, 1.165) is 42.3 Å². The Morgan fingerprint density at radius 3 is 2.53 bits per heavy atom. The van der Waals surface area contributed by atoms with Crippen LogP contribution in [-0.4, -0.2) is 39.6 Å². The minimum Gasteiger partial charge on any atom is -0.297 e. The average Bonchev–Trinajstić information content (AvgIpc) is 2.43. The molecule has 1 aromatic carbocycles. The molecule has 0 bridgehead atoms. The van der Waals surface area contributed by atoms with Crippen molar-refractivity contribution in [2.24, 2.45) is 5.84 Å². The van der Waals surface area contributed by atoms with Crippen LogP contribution in [0.5, 0.6) is 0 Å². The van der Waals surface area contributed by atoms with Gasteiger partial charge in [0.15, 0.2) is 0 Å². The van der Waals surface area contributed by atoms with Gasteiger partial charge in [-0.1, -0.05) is 24.3 Å². The second-order valence-corrected chi connectivity index (χ2v) is 6.33. The molecule has 0 radical (unpaired) electrons. The third-order valence-electron chi connectivity index (χ3n) is 3.29. The number of nitrogens with one attached hydrogen (secondary N) is 1. The Kier molecular flexibility index (Phi) is 5.07. The molecule has 0 saturated carbocycles. The van der Waals surface area contributed by atoms with Crippen LogP contribution in [-0.2, 0) is 28.6 Å². The summed E-state index contributed by atoms with van der Waals surface area (Å²) in [7, 11) is -0.657. The van der Waals surface area contributed by atoms with Gasteiger partial charge in [0, 0.05) is 41.9 Å². The summed E-state index contributed by atoms with van der Waals surface area (Å²) >= 11 is 0. The number of benzene rings is 1. The lowest BCUT2D eigenvalue weighted by atomic mass is 10.0. The summed E-state index contributed by atoms with van der Waals surface area (Å²) in [5.74, 6) is 6.42. The van der Waals surface area contributed by atoms with Crippen LogP contribution < -0.4 is 11.3 Å². The van der Waals surface area contributed by atoms with Gasteiger partial charge >= 0.3 is 0 Å². The number of nitrogens with two attached hydrogens (primary N) is 1. The van der Waals surface area contributed by atoms with E-state index in [2.05, 4.69) is 10.3 Å². The Morgan fingerprint density at radius 2 is 1.89 bits per heavy atom. The fourth-order valence-electron chi connectivity index (χ4n) is 2.18. The maximum Gasteiger partial charge on any atom is 0.238 e. The first-order valence-corrected chi connectivity index (χ1v) is 7.81. The van der Waals surface area contributed by atoms with Crippen molar-refractivity contribution in [3.63, 3.8) is 0 Å². The standard InChI is InChI=1S/C13H19N3O2S/c14-15-13(17)9-11-3-1-2-4-12(11)10-16-5-7-19(18)8-6-16/h1-4H,5-10,14H2,(H,15,17). The SMILES string of the molecule is NNC(=O)Cc1ccccc1CN1CCS(=O)CC1. The number of hydrogen-bond acceptors (Lipinski definition) is 4. The van der Waals surface area contributed by atoms with E-state index in [1.807, 2.05) is 24.3 Å². The highest BCUT2D eigenvalue weighted by molar-refractivity contribution is 7.85. The molecule has 104 valence electrons. The van der Waals surface area contributed by atoms with Gasteiger partial charge in [-0.2, -0.15) is 0 Å². The predicted molar refractivity (Wildman–Crippen MR) is 75.6 cm³/mol. The number of amides is 1. The van der Waals surface area contributed by atoms with Crippen molar-refractivity contribution < 1.29 is 9.00 Å². The molecule has 1 amide bonds. The summed E-state index contributed by atoms with van der Waals surface area (Å²) < 4.78 is 11.3. The fraction of sp³-hybridized carbons (Fsp3) is 0.462. The number of carbonyl (C=O) groups is 1. The van der Waals surface area contributed by atoms with Gasteiger partial charge in [-0.15, -0.1) is 0 Å². The first kappa shape index (κ1) is 14.2. The van der Waals surface area contributed by atoms with Gasteiger partial charge in [-0.25, -0.2) is 5.84 Å². The van der Waals surface area contributed by atoms with E-state index in [-0.39, 0.29) is 5.91 Å². The van der Waals surface area contributed by atoms with Gasteiger partial charge in [-0.3, -0.25) is 19.3 Å². The normalized spacial score (nSPS) is 17.3. The van der Waals surface area contributed by atoms with Gasteiger partial charge in [-0.05, 0) is 11.1 Å². The molecule has 0 aliphatic carbocycles. The molecule has 0 spiro atoms. The second kappa shape index (κ2) is 6.79. The molecule has 5 nitrogen and oxygen atoms in total. The van der Waals surface area contributed by atoms with E-state index in [0.29, 0.717) is 6.42 Å². The molecule has 1 aromatic rings. The van der Waals surface area contributed by atoms with Crippen molar-refractivity contribution in [1.82, 2.24) is 10.3 Å². The van der Waals surface area contributed by atoms with Gasteiger partial charge < -0.3 is 0 Å². The summed E-state index contributed by atoms with van der Waals surface area (Å²) in [6.07, 6.45) is 0.298. The molecular formula is C13H19N3O2S. The van der Waals surface area contributed by atoms with Gasteiger partial charge in [0.2, 0.25) is 5.91 Å². The van der Waals surface area contributed by atoms with Crippen LogP contribution in [0, 0.1) is 0 Å². The molecule has 0 unspecified atom stereocenters. The van der Waals surface area contributed by atoms with Crippen molar-refractivity contribution in [3.05, 3.63) is 35.4 Å². The summed E-state index contributed by atoms with van der Waals surface area (Å²) in [6, 6.07) is 7.88. The number of rotatable bonds is 4. The quantitative estimate of drug-likeness (QED) is 0.455. The van der Waals surface area contributed by atoms with E-state index >= 15 is 0 Å². The Morgan fingerprint density at radius 1 is 1.26 bits per heavy atom. The Hall–Kier alpha value is -1.24. The molecule has 1 heterocycles. The number of hydrazine groups is 1. The maximum atomic E-state index is 11.4. The summed E-state index contributed by atoms with van der Waals surface area (Å²) in [6.45, 7) is 2.50. The molecule has 1 aliphatic rings. The van der Waals surface area contributed by atoms with Crippen LogP contribution >= 0.6 is 0 Å². The molecule has 1 saturated heterocycles. The topological polar surface area (TPSA) is 75.4 Å². The predicted octanol–water partition coefficient (Wildman–Crippen LogP) is -0.217. The Bertz CT molecular complexity index is 469. The van der Waals surface area contributed by atoms with Gasteiger partial charge in [0.25, 0.3) is 0 Å². The molecule has 0 aromatic heterocycles. The van der Waals surface area contributed by atoms with E-state index in [9.17, 15) is 9.00 Å². The van der Waals surface area contributed by atoms with Crippen molar-refractivity contribution in [3.8, 4) is 0 Å². The zero-order chi connectivity index (χ0) is 13.7. The van der Waals surface area contributed by atoms with Crippen LogP contribution in [0.1, 0.15) is 11.1 Å². The highest BCUT2D eigenvalue weighted by atomic mass is 32.2. The van der Waals surface area contributed by atoms with Gasteiger partial charge in [0.05, 0.1) is 6.42 Å². The van der Waals surface area contributed by atoms with Crippen molar-refractivity contribution >= 4 is 16.7 Å². The minimum atomic E-state index is -0.657. The average molecular weight is 281 g/mol. The third kappa shape index (κ3) is 4.12. The zero-order valence-corrected chi connectivity index (χ0v) is 11.6. The molecule has 0 atom stereocenters. The first-order chi connectivity index (χ1) is 9.19. The van der Waals surface area contributed by atoms with Crippen LogP contribution in [0.3, 0.4) is 0 Å². The van der Waals surface area contributed by atoms with E-state index in [4.69, 9.17) is 5.84 Å². The molecule has 2 rings (SSSR count). The lowest BCUT2D eigenvalue weighted by molar-refractivity contribution is -0.120. The van der Waals surface area contributed by atoms with Crippen molar-refractivity contribution in [2.45, 2.75) is 13.0 Å². The highest BCUT2D eigenvalue weighted by Gasteiger charge is 2.16. The van der Waals surface area contributed by atoms with Crippen molar-refractivity contribution in [2.75, 3.05) is 24.6 Å². The van der Waals surface area contributed by atoms with Crippen LogP contribution in [0.25, 0.3) is 0 Å². The fourth-order valence-corrected chi connectivity index (χ4v) is 3.31. The van der Waals surface area contributed by atoms with Gasteiger partial charge in [0.1, 0.15) is 0 Å². The maximum absolute atomic E-state index is 11.4. The minimum absolute atomic E-state index is 0.188. The molecular weight excluding hydrogens is 262 g/mol. The van der Waals surface area contributed by atoms with E-state index in [1.54, 1.807) is 0 Å².